The van der Waals surface area contributed by atoms with Crippen LogP contribution in [0.25, 0.3) is 0 Å². The molecule has 1 aromatic rings. The molecule has 0 aliphatic heterocycles. The van der Waals surface area contributed by atoms with Crippen molar-refractivity contribution < 1.29 is 0 Å². The minimum Gasteiger partial charge on any atom is -0.382 e. The second-order valence-corrected chi connectivity index (χ2v) is 6.05. The average Bonchev–Trinajstić information content (AvgIpc) is 2.65. The highest BCUT2D eigenvalue weighted by Crippen LogP contribution is 2.30. The summed E-state index contributed by atoms with van der Waals surface area (Å²) in [5.41, 5.74) is 1.82. The summed E-state index contributed by atoms with van der Waals surface area (Å²) < 4.78 is 0. The molecule has 1 fully saturated rings. The first-order valence-electron chi connectivity index (χ1n) is 7.45. The van der Waals surface area contributed by atoms with E-state index in [2.05, 4.69) is 31.3 Å². The predicted octanol–water partition coefficient (Wildman–Crippen LogP) is 4.58. The van der Waals surface area contributed by atoms with E-state index in [9.17, 15) is 0 Å². The fraction of sp³-hybridized carbons (Fsp3) is 0.588. The molecular formula is C17H24N2. The highest BCUT2D eigenvalue weighted by molar-refractivity contribution is 5.49. The van der Waals surface area contributed by atoms with Crippen LogP contribution in [0.15, 0.2) is 24.3 Å². The second kappa shape index (κ2) is 6.61. The lowest BCUT2D eigenvalue weighted by Gasteiger charge is -2.19. The minimum absolute atomic E-state index is 0.567. The Labute approximate surface area is 116 Å². The van der Waals surface area contributed by atoms with E-state index in [0.29, 0.717) is 6.04 Å². The molecule has 1 aromatic carbocycles. The topological polar surface area (TPSA) is 35.8 Å². The Morgan fingerprint density at radius 1 is 1.21 bits per heavy atom. The number of nitrogens with one attached hydrogen (secondary N) is 1. The number of nitriles is 1. The predicted molar refractivity (Wildman–Crippen MR) is 80.0 cm³/mol. The molecule has 102 valence electrons. The monoisotopic (exact) mass is 256 g/mol. The van der Waals surface area contributed by atoms with Gasteiger partial charge in [0.15, 0.2) is 0 Å². The summed E-state index contributed by atoms with van der Waals surface area (Å²) in [6, 6.07) is 10.6. The Morgan fingerprint density at radius 3 is 2.79 bits per heavy atom. The van der Waals surface area contributed by atoms with Gasteiger partial charge in [-0.3, -0.25) is 0 Å². The van der Waals surface area contributed by atoms with Crippen molar-refractivity contribution >= 4 is 5.69 Å². The van der Waals surface area contributed by atoms with E-state index in [1.807, 2.05) is 18.2 Å². The van der Waals surface area contributed by atoms with Crippen LogP contribution in [0.3, 0.4) is 0 Å². The van der Waals surface area contributed by atoms with Gasteiger partial charge in [0.05, 0.1) is 11.6 Å². The summed E-state index contributed by atoms with van der Waals surface area (Å²) in [5, 5.41) is 12.5. The molecule has 0 heterocycles. The average molecular weight is 256 g/mol. The van der Waals surface area contributed by atoms with Crippen LogP contribution in [0.5, 0.6) is 0 Å². The van der Waals surface area contributed by atoms with Crippen LogP contribution in [0.4, 0.5) is 5.69 Å². The molecule has 0 amide bonds. The number of rotatable bonds is 3. The molecule has 2 rings (SSSR count). The maximum Gasteiger partial charge on any atom is 0.0992 e. The van der Waals surface area contributed by atoms with Crippen LogP contribution in [0.1, 0.15) is 51.5 Å². The van der Waals surface area contributed by atoms with Gasteiger partial charge in [-0.25, -0.2) is 0 Å². The van der Waals surface area contributed by atoms with E-state index >= 15 is 0 Å². The fourth-order valence-electron chi connectivity index (χ4n) is 3.06. The molecule has 1 aliphatic rings. The van der Waals surface area contributed by atoms with Gasteiger partial charge >= 0.3 is 0 Å². The zero-order valence-corrected chi connectivity index (χ0v) is 12.0. The smallest absolute Gasteiger partial charge is 0.0992 e. The Morgan fingerprint density at radius 2 is 2.05 bits per heavy atom. The molecule has 1 N–H and O–H groups in total. The molecule has 1 aliphatic carbocycles. The highest BCUT2D eigenvalue weighted by Gasteiger charge is 2.20. The van der Waals surface area contributed by atoms with Crippen molar-refractivity contribution in [1.29, 1.82) is 5.26 Å². The lowest BCUT2D eigenvalue weighted by Crippen LogP contribution is -2.18. The second-order valence-electron chi connectivity index (χ2n) is 6.05. The Kier molecular flexibility index (Phi) is 4.85. The molecule has 0 radical (unpaired) electrons. The Bertz CT molecular complexity index is 445. The van der Waals surface area contributed by atoms with Crippen LogP contribution in [-0.2, 0) is 0 Å². The molecular weight excluding hydrogens is 232 g/mol. The van der Waals surface area contributed by atoms with Crippen LogP contribution in [-0.4, -0.2) is 6.04 Å². The van der Waals surface area contributed by atoms with E-state index in [-0.39, 0.29) is 0 Å². The third-order valence-electron chi connectivity index (χ3n) is 4.32. The van der Waals surface area contributed by atoms with E-state index in [4.69, 9.17) is 5.26 Å². The Balaban J connectivity index is 1.94. The normalized spacial score (nSPS) is 23.7. The van der Waals surface area contributed by atoms with Gasteiger partial charge in [0.2, 0.25) is 0 Å². The van der Waals surface area contributed by atoms with Crippen LogP contribution >= 0.6 is 0 Å². The lowest BCUT2D eigenvalue weighted by atomic mass is 9.89. The number of nitrogens with zero attached hydrogens (tertiary/aromatic N) is 1. The molecule has 0 spiro atoms. The first kappa shape index (κ1) is 13.9. The standard InChI is InChI=1S/C17H24N2/c1-13(2)15-6-4-7-16(10-9-15)19-17-8-3-5-14(11-17)12-18/h3,5,8,11,13,15-16,19H,4,6-7,9-10H2,1-2H3. The maximum absolute atomic E-state index is 8.93. The third-order valence-corrected chi connectivity index (χ3v) is 4.32. The van der Waals surface area contributed by atoms with E-state index < -0.39 is 0 Å². The molecule has 2 heteroatoms. The molecule has 2 atom stereocenters. The van der Waals surface area contributed by atoms with E-state index in [1.54, 1.807) is 0 Å². The number of hydrogen-bond donors (Lipinski definition) is 1. The summed E-state index contributed by atoms with van der Waals surface area (Å²) in [6.45, 7) is 4.68. The van der Waals surface area contributed by atoms with Gasteiger partial charge in [0, 0.05) is 11.7 Å². The van der Waals surface area contributed by atoms with E-state index in [1.165, 1.54) is 32.1 Å². The van der Waals surface area contributed by atoms with Crippen LogP contribution in [0.2, 0.25) is 0 Å². The summed E-state index contributed by atoms with van der Waals surface area (Å²) in [6.07, 6.45) is 6.51. The molecule has 1 saturated carbocycles. The van der Waals surface area contributed by atoms with Gasteiger partial charge in [-0.15, -0.1) is 0 Å². The summed E-state index contributed by atoms with van der Waals surface area (Å²) >= 11 is 0. The molecule has 19 heavy (non-hydrogen) atoms. The highest BCUT2D eigenvalue weighted by atomic mass is 14.9. The van der Waals surface area contributed by atoms with Crippen molar-refractivity contribution in [2.45, 2.75) is 52.0 Å². The van der Waals surface area contributed by atoms with Crippen molar-refractivity contribution in [3.8, 4) is 6.07 Å². The van der Waals surface area contributed by atoms with Crippen molar-refractivity contribution in [1.82, 2.24) is 0 Å². The van der Waals surface area contributed by atoms with Crippen molar-refractivity contribution in [2.75, 3.05) is 5.32 Å². The minimum atomic E-state index is 0.567. The lowest BCUT2D eigenvalue weighted by molar-refractivity contribution is 0.341. The van der Waals surface area contributed by atoms with Gasteiger partial charge < -0.3 is 5.32 Å². The molecule has 0 bridgehead atoms. The van der Waals surface area contributed by atoms with Crippen molar-refractivity contribution in [2.24, 2.45) is 11.8 Å². The van der Waals surface area contributed by atoms with Crippen LogP contribution < -0.4 is 5.32 Å². The van der Waals surface area contributed by atoms with Gasteiger partial charge in [-0.05, 0) is 49.3 Å². The molecule has 0 aromatic heterocycles. The van der Waals surface area contributed by atoms with Gasteiger partial charge in [0.1, 0.15) is 0 Å². The number of hydrogen-bond acceptors (Lipinski definition) is 2. The molecule has 2 unspecified atom stereocenters. The first-order chi connectivity index (χ1) is 9.19. The summed E-state index contributed by atoms with van der Waals surface area (Å²) in [4.78, 5) is 0. The quantitative estimate of drug-likeness (QED) is 0.804. The zero-order valence-electron chi connectivity index (χ0n) is 12.0. The molecule has 2 nitrogen and oxygen atoms in total. The van der Waals surface area contributed by atoms with E-state index in [0.717, 1.165) is 23.1 Å². The Hall–Kier alpha value is -1.49. The SMILES string of the molecule is CC(C)C1CCCC(Nc2cccc(C#N)c2)CC1. The number of anilines is 1. The first-order valence-corrected chi connectivity index (χ1v) is 7.45. The zero-order chi connectivity index (χ0) is 13.7. The van der Waals surface area contributed by atoms with Crippen molar-refractivity contribution in [3.05, 3.63) is 29.8 Å². The van der Waals surface area contributed by atoms with Gasteiger partial charge in [-0.2, -0.15) is 5.26 Å². The molecule has 0 saturated heterocycles. The summed E-state index contributed by atoms with van der Waals surface area (Å²) in [5.74, 6) is 1.69. The van der Waals surface area contributed by atoms with Gasteiger partial charge in [-0.1, -0.05) is 32.8 Å². The van der Waals surface area contributed by atoms with Crippen molar-refractivity contribution in [3.63, 3.8) is 0 Å². The van der Waals surface area contributed by atoms with Crippen LogP contribution in [0, 0.1) is 23.2 Å². The third kappa shape index (κ3) is 3.99. The fourth-order valence-corrected chi connectivity index (χ4v) is 3.06. The largest absolute Gasteiger partial charge is 0.382 e. The summed E-state index contributed by atoms with van der Waals surface area (Å²) in [7, 11) is 0. The van der Waals surface area contributed by atoms with Gasteiger partial charge in [0.25, 0.3) is 0 Å². The number of benzene rings is 1. The maximum atomic E-state index is 8.93.